The molecule has 1 unspecified atom stereocenters. The Labute approximate surface area is 71.3 Å². The Morgan fingerprint density at radius 2 is 2.17 bits per heavy atom. The van der Waals surface area contributed by atoms with Gasteiger partial charge in [0.25, 0.3) is 0 Å². The zero-order valence-electron chi connectivity index (χ0n) is 7.24. The molecule has 0 aromatic rings. The smallest absolute Gasteiger partial charge is 0.335 e. The highest BCUT2D eigenvalue weighted by atomic mass is 16.7. The number of carbonyl (C=O) groups excluding carboxylic acids is 2. The largest absolute Gasteiger partial charge is 0.373 e. The first-order valence-electron chi connectivity index (χ1n) is 3.65. The first-order valence-corrected chi connectivity index (χ1v) is 3.65. The Kier molecular flexibility index (Phi) is 4.96. The molecule has 4 nitrogen and oxygen atoms in total. The SMILES string of the molecule is CC=CCC(C(C)=O)C(=O)ON. The lowest BCUT2D eigenvalue weighted by Gasteiger charge is -2.06. The van der Waals surface area contributed by atoms with Crippen LogP contribution in [0.5, 0.6) is 0 Å². The van der Waals surface area contributed by atoms with Gasteiger partial charge < -0.3 is 4.84 Å². The van der Waals surface area contributed by atoms with Crippen LogP contribution in [0.4, 0.5) is 0 Å². The van der Waals surface area contributed by atoms with Crippen molar-refractivity contribution in [3.63, 3.8) is 0 Å². The number of nitrogens with two attached hydrogens (primary N) is 1. The Bertz CT molecular complexity index is 198. The van der Waals surface area contributed by atoms with Crippen molar-refractivity contribution < 1.29 is 14.4 Å². The Balaban J connectivity index is 4.23. The number of rotatable bonds is 4. The van der Waals surface area contributed by atoms with Crippen molar-refractivity contribution in [2.75, 3.05) is 0 Å². The minimum Gasteiger partial charge on any atom is -0.373 e. The summed E-state index contributed by atoms with van der Waals surface area (Å²) in [6.07, 6.45) is 3.84. The molecule has 0 aliphatic rings. The molecule has 0 radical (unpaired) electrons. The summed E-state index contributed by atoms with van der Waals surface area (Å²) < 4.78 is 0. The topological polar surface area (TPSA) is 69.4 Å². The van der Waals surface area contributed by atoms with Gasteiger partial charge in [-0.3, -0.25) is 4.79 Å². The van der Waals surface area contributed by atoms with Crippen molar-refractivity contribution in [3.8, 4) is 0 Å². The van der Waals surface area contributed by atoms with Gasteiger partial charge in [0.2, 0.25) is 0 Å². The number of hydrogen-bond donors (Lipinski definition) is 1. The lowest BCUT2D eigenvalue weighted by atomic mass is 10.0. The van der Waals surface area contributed by atoms with Crippen LogP contribution in [-0.4, -0.2) is 11.8 Å². The Hall–Kier alpha value is -1.16. The second kappa shape index (κ2) is 5.49. The molecule has 12 heavy (non-hydrogen) atoms. The standard InChI is InChI=1S/C8H13NO3/c1-3-4-5-7(6(2)10)8(11)12-9/h3-4,7H,5,9H2,1-2H3. The van der Waals surface area contributed by atoms with E-state index >= 15 is 0 Å². The quantitative estimate of drug-likeness (QED) is 0.381. The zero-order chi connectivity index (χ0) is 9.56. The minimum absolute atomic E-state index is 0.233. The lowest BCUT2D eigenvalue weighted by molar-refractivity contribution is -0.151. The highest BCUT2D eigenvalue weighted by Gasteiger charge is 2.22. The van der Waals surface area contributed by atoms with Gasteiger partial charge in [0.05, 0.1) is 0 Å². The van der Waals surface area contributed by atoms with Crippen LogP contribution in [0.15, 0.2) is 12.2 Å². The third kappa shape index (κ3) is 3.30. The predicted molar refractivity (Wildman–Crippen MR) is 43.9 cm³/mol. The van der Waals surface area contributed by atoms with Crippen LogP contribution in [0.2, 0.25) is 0 Å². The van der Waals surface area contributed by atoms with Gasteiger partial charge in [0.1, 0.15) is 11.7 Å². The minimum atomic E-state index is -0.758. The van der Waals surface area contributed by atoms with E-state index in [-0.39, 0.29) is 5.78 Å². The summed E-state index contributed by atoms with van der Waals surface area (Å²) in [6, 6.07) is 0. The van der Waals surface area contributed by atoms with E-state index < -0.39 is 11.9 Å². The predicted octanol–water partition coefficient (Wildman–Crippen LogP) is 0.575. The van der Waals surface area contributed by atoms with Crippen molar-refractivity contribution in [1.29, 1.82) is 0 Å². The van der Waals surface area contributed by atoms with Gasteiger partial charge in [0, 0.05) is 0 Å². The van der Waals surface area contributed by atoms with E-state index in [1.54, 1.807) is 12.2 Å². The lowest BCUT2D eigenvalue weighted by Crippen LogP contribution is -2.26. The number of allylic oxidation sites excluding steroid dienone is 2. The molecule has 0 aliphatic heterocycles. The molecule has 0 spiro atoms. The van der Waals surface area contributed by atoms with E-state index in [0.717, 1.165) is 0 Å². The molecule has 0 rings (SSSR count). The van der Waals surface area contributed by atoms with Gasteiger partial charge in [0.15, 0.2) is 0 Å². The Morgan fingerprint density at radius 1 is 1.58 bits per heavy atom. The molecule has 2 N–H and O–H groups in total. The molecule has 0 aromatic carbocycles. The first-order chi connectivity index (χ1) is 5.63. The van der Waals surface area contributed by atoms with Crippen molar-refractivity contribution in [2.45, 2.75) is 20.3 Å². The van der Waals surface area contributed by atoms with E-state index in [1.807, 2.05) is 6.92 Å². The second-order valence-corrected chi connectivity index (χ2v) is 2.40. The fourth-order valence-electron chi connectivity index (χ4n) is 0.782. The monoisotopic (exact) mass is 171 g/mol. The molecule has 0 saturated carbocycles. The zero-order valence-corrected chi connectivity index (χ0v) is 7.24. The molecule has 0 bridgehead atoms. The maximum Gasteiger partial charge on any atom is 0.335 e. The van der Waals surface area contributed by atoms with Gasteiger partial charge in [-0.05, 0) is 20.3 Å². The van der Waals surface area contributed by atoms with E-state index in [9.17, 15) is 9.59 Å². The third-order valence-electron chi connectivity index (χ3n) is 1.50. The van der Waals surface area contributed by atoms with Crippen LogP contribution in [0.25, 0.3) is 0 Å². The summed E-state index contributed by atoms with van der Waals surface area (Å²) in [7, 11) is 0. The van der Waals surface area contributed by atoms with Crippen molar-refractivity contribution >= 4 is 11.8 Å². The Morgan fingerprint density at radius 3 is 2.50 bits per heavy atom. The van der Waals surface area contributed by atoms with Crippen LogP contribution < -0.4 is 5.90 Å². The molecule has 0 heterocycles. The summed E-state index contributed by atoms with van der Waals surface area (Å²) in [6.45, 7) is 3.15. The molecule has 0 aromatic heterocycles. The second-order valence-electron chi connectivity index (χ2n) is 2.40. The molecule has 0 saturated heterocycles. The van der Waals surface area contributed by atoms with E-state index in [0.29, 0.717) is 6.42 Å². The van der Waals surface area contributed by atoms with E-state index in [4.69, 9.17) is 0 Å². The number of hydrogen-bond acceptors (Lipinski definition) is 4. The van der Waals surface area contributed by atoms with Gasteiger partial charge in [-0.15, -0.1) is 0 Å². The van der Waals surface area contributed by atoms with Crippen molar-refractivity contribution in [1.82, 2.24) is 0 Å². The number of ketones is 1. The molecule has 0 amide bonds. The van der Waals surface area contributed by atoms with Gasteiger partial charge in [-0.2, -0.15) is 5.90 Å². The summed E-state index contributed by atoms with van der Waals surface area (Å²) in [5.41, 5.74) is 0. The summed E-state index contributed by atoms with van der Waals surface area (Å²) in [5.74, 6) is 2.99. The average molecular weight is 171 g/mol. The highest BCUT2D eigenvalue weighted by Crippen LogP contribution is 2.07. The van der Waals surface area contributed by atoms with E-state index in [1.165, 1.54) is 6.92 Å². The van der Waals surface area contributed by atoms with Crippen LogP contribution in [0.1, 0.15) is 20.3 Å². The van der Waals surface area contributed by atoms with Gasteiger partial charge in [-0.25, -0.2) is 4.79 Å². The van der Waals surface area contributed by atoms with Crippen molar-refractivity contribution in [3.05, 3.63) is 12.2 Å². The van der Waals surface area contributed by atoms with E-state index in [2.05, 4.69) is 10.7 Å². The van der Waals surface area contributed by atoms with Gasteiger partial charge in [-0.1, -0.05) is 12.2 Å². The molecular formula is C8H13NO3. The third-order valence-corrected chi connectivity index (χ3v) is 1.50. The summed E-state index contributed by atoms with van der Waals surface area (Å²) in [5, 5.41) is 0. The maximum atomic E-state index is 10.9. The first kappa shape index (κ1) is 10.8. The highest BCUT2D eigenvalue weighted by molar-refractivity contribution is 5.97. The van der Waals surface area contributed by atoms with Crippen LogP contribution in [0, 0.1) is 5.92 Å². The van der Waals surface area contributed by atoms with Gasteiger partial charge >= 0.3 is 5.97 Å². The number of carbonyl (C=O) groups is 2. The molecule has 0 fully saturated rings. The molecule has 1 atom stereocenters. The summed E-state index contributed by atoms with van der Waals surface area (Å²) in [4.78, 5) is 25.7. The molecular weight excluding hydrogens is 158 g/mol. The molecule has 68 valence electrons. The fraction of sp³-hybridized carbons (Fsp3) is 0.500. The number of Topliss-reactive ketones (excluding diaryl/α,β-unsaturated/α-hetero) is 1. The fourth-order valence-corrected chi connectivity index (χ4v) is 0.782. The van der Waals surface area contributed by atoms with Crippen LogP contribution >= 0.6 is 0 Å². The normalized spacial score (nSPS) is 12.9. The maximum absolute atomic E-state index is 10.9. The average Bonchev–Trinajstić information content (AvgIpc) is 2.04. The van der Waals surface area contributed by atoms with Crippen molar-refractivity contribution in [2.24, 2.45) is 11.8 Å². The molecule has 0 aliphatic carbocycles. The van der Waals surface area contributed by atoms with Crippen LogP contribution in [0.3, 0.4) is 0 Å². The molecule has 4 heteroatoms. The van der Waals surface area contributed by atoms with Crippen LogP contribution in [-0.2, 0) is 14.4 Å². The summed E-state index contributed by atoms with van der Waals surface area (Å²) >= 11 is 0.